The second-order valence-electron chi connectivity index (χ2n) is 3.75. The Balaban J connectivity index is 2.58. The summed E-state index contributed by atoms with van der Waals surface area (Å²) in [6.45, 7) is -0.371. The molecule has 0 saturated heterocycles. The fraction of sp³-hybridized carbons (Fsp3) is 0.300. The summed E-state index contributed by atoms with van der Waals surface area (Å²) in [5.41, 5.74) is -1.02. The lowest BCUT2D eigenvalue weighted by Crippen LogP contribution is -2.32. The van der Waals surface area contributed by atoms with Crippen LogP contribution in [0.3, 0.4) is 0 Å². The van der Waals surface area contributed by atoms with Gasteiger partial charge < -0.3 is 10.6 Å². The van der Waals surface area contributed by atoms with Crippen LogP contribution in [0.5, 0.6) is 0 Å². The number of carbonyl (C=O) groups excluding carboxylic acids is 1. The van der Waals surface area contributed by atoms with Crippen molar-refractivity contribution in [2.24, 2.45) is 0 Å². The Morgan fingerprint density at radius 1 is 1.30 bits per heavy atom. The third kappa shape index (κ3) is 5.89. The maximum Gasteiger partial charge on any atom is 0.416 e. The van der Waals surface area contributed by atoms with Gasteiger partial charge >= 0.3 is 12.2 Å². The summed E-state index contributed by atoms with van der Waals surface area (Å²) >= 11 is 0. The maximum absolute atomic E-state index is 12.4. The fourth-order valence-electron chi connectivity index (χ4n) is 1.24. The van der Waals surface area contributed by atoms with Gasteiger partial charge in [0.15, 0.2) is 0 Å². The summed E-state index contributed by atoms with van der Waals surface area (Å²) in [6.07, 6.45) is -4.53. The molecule has 112 valence electrons. The molecule has 0 saturated carbocycles. The molecule has 6 nitrogen and oxygen atoms in total. The second kappa shape index (κ2) is 6.09. The number of rotatable bonds is 4. The molecule has 0 aliphatic carbocycles. The predicted molar refractivity (Wildman–Crippen MR) is 64.9 cm³/mol. The molecule has 1 rings (SSSR count). The average Bonchev–Trinajstić information content (AvgIpc) is 2.26. The molecule has 1 aromatic rings. The zero-order valence-corrected chi connectivity index (χ0v) is 10.8. The maximum atomic E-state index is 12.4. The van der Waals surface area contributed by atoms with Crippen LogP contribution in [0, 0.1) is 0 Å². The number of alkyl halides is 3. The molecule has 0 spiro atoms. The van der Waals surface area contributed by atoms with Crippen molar-refractivity contribution in [3.8, 4) is 0 Å². The summed E-state index contributed by atoms with van der Waals surface area (Å²) in [6, 6.07) is 3.07. The van der Waals surface area contributed by atoms with Gasteiger partial charge in [0, 0.05) is 12.2 Å². The first-order valence-corrected chi connectivity index (χ1v) is 6.86. The minimum absolute atomic E-state index is 0.0934. The number of amides is 2. The van der Waals surface area contributed by atoms with E-state index in [-0.39, 0.29) is 12.2 Å². The molecule has 0 bridgehead atoms. The van der Waals surface area contributed by atoms with Crippen molar-refractivity contribution in [1.82, 2.24) is 5.32 Å². The number of hydrogen-bond donors (Lipinski definition) is 3. The predicted octanol–water partition coefficient (Wildman–Crippen LogP) is 1.71. The van der Waals surface area contributed by atoms with Crippen LogP contribution in [0.4, 0.5) is 23.7 Å². The van der Waals surface area contributed by atoms with Crippen molar-refractivity contribution >= 4 is 21.8 Å². The van der Waals surface area contributed by atoms with Crippen LogP contribution in [0.2, 0.25) is 0 Å². The average molecular weight is 312 g/mol. The lowest BCUT2D eigenvalue weighted by molar-refractivity contribution is -0.137. The van der Waals surface area contributed by atoms with Crippen molar-refractivity contribution < 1.29 is 30.9 Å². The van der Waals surface area contributed by atoms with Crippen molar-refractivity contribution in [3.63, 3.8) is 0 Å². The largest absolute Gasteiger partial charge is 0.416 e. The van der Waals surface area contributed by atoms with Crippen molar-refractivity contribution in [2.75, 3.05) is 17.6 Å². The molecule has 0 aromatic heterocycles. The van der Waals surface area contributed by atoms with Gasteiger partial charge in [0.05, 0.1) is 11.3 Å². The third-order valence-electron chi connectivity index (χ3n) is 2.09. The number of anilines is 1. The Morgan fingerprint density at radius 2 is 1.95 bits per heavy atom. The molecule has 0 unspecified atom stereocenters. The standard InChI is InChI=1S/C10H11F3N2O4S/c11-10(12,13)7-2-1-3-8(6-7)15-9(16)14-4-5-20(17,18)19/h1-3,6H,4-5H2,(H2,14,15,16)(H,17,18,19). The van der Waals surface area contributed by atoms with Crippen LogP contribution >= 0.6 is 0 Å². The lowest BCUT2D eigenvalue weighted by Gasteiger charge is -2.10. The second-order valence-corrected chi connectivity index (χ2v) is 5.32. The summed E-state index contributed by atoms with van der Waals surface area (Å²) in [5, 5.41) is 4.19. The van der Waals surface area contributed by atoms with E-state index in [0.29, 0.717) is 0 Å². The number of urea groups is 1. The zero-order valence-electron chi connectivity index (χ0n) is 9.94. The van der Waals surface area contributed by atoms with Crippen LogP contribution in [-0.2, 0) is 16.3 Å². The minimum atomic E-state index is -4.53. The summed E-state index contributed by atoms with van der Waals surface area (Å²) < 4.78 is 66.4. The van der Waals surface area contributed by atoms with Crippen LogP contribution < -0.4 is 10.6 Å². The van der Waals surface area contributed by atoms with E-state index in [2.05, 4.69) is 10.6 Å². The van der Waals surface area contributed by atoms with Crippen LogP contribution in [0.25, 0.3) is 0 Å². The van der Waals surface area contributed by atoms with Crippen molar-refractivity contribution in [1.29, 1.82) is 0 Å². The van der Waals surface area contributed by atoms with Gasteiger partial charge in [-0.15, -0.1) is 0 Å². The van der Waals surface area contributed by atoms with Gasteiger partial charge in [-0.2, -0.15) is 21.6 Å². The Hall–Kier alpha value is -1.81. The Bertz CT molecular complexity index is 586. The number of hydrogen-bond acceptors (Lipinski definition) is 3. The highest BCUT2D eigenvalue weighted by Gasteiger charge is 2.30. The van der Waals surface area contributed by atoms with Gasteiger partial charge in [0.2, 0.25) is 0 Å². The lowest BCUT2D eigenvalue weighted by atomic mass is 10.2. The van der Waals surface area contributed by atoms with Crippen molar-refractivity contribution in [2.45, 2.75) is 6.18 Å². The summed E-state index contributed by atoms with van der Waals surface area (Å²) in [7, 11) is -4.21. The molecular formula is C10H11F3N2O4S. The quantitative estimate of drug-likeness (QED) is 0.738. The monoisotopic (exact) mass is 312 g/mol. The molecule has 0 heterocycles. The first kappa shape index (κ1) is 16.2. The smallest absolute Gasteiger partial charge is 0.337 e. The van der Waals surface area contributed by atoms with Gasteiger partial charge in [-0.3, -0.25) is 4.55 Å². The number of carbonyl (C=O) groups is 1. The molecule has 0 radical (unpaired) electrons. The van der Waals surface area contributed by atoms with E-state index < -0.39 is 33.6 Å². The number of nitrogens with one attached hydrogen (secondary N) is 2. The van der Waals surface area contributed by atoms with Gasteiger partial charge in [-0.1, -0.05) is 6.07 Å². The van der Waals surface area contributed by atoms with E-state index in [1.165, 1.54) is 6.07 Å². The van der Waals surface area contributed by atoms with E-state index in [9.17, 15) is 26.4 Å². The number of benzene rings is 1. The van der Waals surface area contributed by atoms with Crippen LogP contribution in [0.1, 0.15) is 5.56 Å². The first-order valence-electron chi connectivity index (χ1n) is 5.25. The van der Waals surface area contributed by atoms with E-state index >= 15 is 0 Å². The normalized spacial score (nSPS) is 12.0. The Kier molecular flexibility index (Phi) is 4.95. The fourth-order valence-corrected chi connectivity index (χ4v) is 1.60. The highest BCUT2D eigenvalue weighted by molar-refractivity contribution is 7.85. The van der Waals surface area contributed by atoms with Crippen molar-refractivity contribution in [3.05, 3.63) is 29.8 Å². The minimum Gasteiger partial charge on any atom is -0.337 e. The molecule has 1 aromatic carbocycles. The van der Waals surface area contributed by atoms with E-state index in [1.807, 2.05) is 0 Å². The van der Waals surface area contributed by atoms with Crippen LogP contribution in [-0.4, -0.2) is 31.3 Å². The summed E-state index contributed by atoms with van der Waals surface area (Å²) in [4.78, 5) is 11.3. The van der Waals surface area contributed by atoms with Gasteiger partial charge in [-0.05, 0) is 18.2 Å². The summed E-state index contributed by atoms with van der Waals surface area (Å²) in [5.74, 6) is -0.691. The molecule has 0 fully saturated rings. The third-order valence-corrected chi connectivity index (χ3v) is 2.81. The molecule has 2 amide bonds. The molecule has 0 atom stereocenters. The SMILES string of the molecule is O=C(NCCS(=O)(=O)O)Nc1cccc(C(F)(F)F)c1. The molecule has 0 aliphatic heterocycles. The molecule has 3 N–H and O–H groups in total. The van der Waals surface area contributed by atoms with Gasteiger partial charge in [0.25, 0.3) is 10.1 Å². The Labute approximate surface area is 112 Å². The van der Waals surface area contributed by atoms with E-state index in [4.69, 9.17) is 4.55 Å². The molecule has 10 heteroatoms. The highest BCUT2D eigenvalue weighted by atomic mass is 32.2. The molecule has 20 heavy (non-hydrogen) atoms. The van der Waals surface area contributed by atoms with E-state index in [1.54, 1.807) is 0 Å². The Morgan fingerprint density at radius 3 is 2.50 bits per heavy atom. The molecule has 0 aliphatic rings. The first-order chi connectivity index (χ1) is 9.08. The zero-order chi connectivity index (χ0) is 15.4. The van der Waals surface area contributed by atoms with Gasteiger partial charge in [0.1, 0.15) is 0 Å². The number of halogens is 3. The van der Waals surface area contributed by atoms with E-state index in [0.717, 1.165) is 18.2 Å². The van der Waals surface area contributed by atoms with Gasteiger partial charge in [-0.25, -0.2) is 4.79 Å². The topological polar surface area (TPSA) is 95.5 Å². The van der Waals surface area contributed by atoms with Crippen LogP contribution in [0.15, 0.2) is 24.3 Å². The highest BCUT2D eigenvalue weighted by Crippen LogP contribution is 2.30. The molecular weight excluding hydrogens is 301 g/mol.